The van der Waals surface area contributed by atoms with Crippen molar-refractivity contribution < 1.29 is 9.18 Å². The number of nitrogens with one attached hydrogen (secondary N) is 1. The van der Waals surface area contributed by atoms with Crippen molar-refractivity contribution in [3.63, 3.8) is 0 Å². The van der Waals surface area contributed by atoms with Gasteiger partial charge in [0.15, 0.2) is 4.34 Å². The molecule has 0 saturated heterocycles. The van der Waals surface area contributed by atoms with Crippen molar-refractivity contribution >= 4 is 40.4 Å². The van der Waals surface area contributed by atoms with E-state index >= 15 is 0 Å². The number of benzene rings is 1. The summed E-state index contributed by atoms with van der Waals surface area (Å²) in [6, 6.07) is 4.05. The zero-order valence-corrected chi connectivity index (χ0v) is 12.5. The second kappa shape index (κ2) is 6.19. The molecule has 0 aliphatic heterocycles. The van der Waals surface area contributed by atoms with E-state index < -0.39 is 11.1 Å². The number of hydrogen-bond donors (Lipinski definition) is 2. The normalized spacial score (nSPS) is 12.2. The third-order valence-corrected chi connectivity index (χ3v) is 4.43. The molecule has 0 radical (unpaired) electrons. The predicted molar refractivity (Wildman–Crippen MR) is 79.4 cm³/mol. The largest absolute Gasteiger partial charge is 0.399 e. The van der Waals surface area contributed by atoms with Crippen molar-refractivity contribution in [3.05, 3.63) is 29.0 Å². The van der Waals surface area contributed by atoms with Gasteiger partial charge in [0, 0.05) is 5.69 Å². The van der Waals surface area contributed by atoms with Crippen LogP contribution in [0.2, 0.25) is 0 Å². The zero-order chi connectivity index (χ0) is 14.7. The van der Waals surface area contributed by atoms with Crippen LogP contribution in [0.3, 0.4) is 0 Å². The summed E-state index contributed by atoms with van der Waals surface area (Å²) in [5.74, 6) is -0.830. The standard InChI is InChI=1S/C12H13FN4OS2/c1-6(19-12-17-16-7(2)20-12)11(18)15-10-5-8(14)3-4-9(10)13/h3-6H,14H2,1-2H3,(H,15,18). The lowest BCUT2D eigenvalue weighted by atomic mass is 10.2. The lowest BCUT2D eigenvalue weighted by Gasteiger charge is -2.11. The zero-order valence-electron chi connectivity index (χ0n) is 10.9. The fourth-order valence-electron chi connectivity index (χ4n) is 1.40. The molecular formula is C12H13FN4OS2. The van der Waals surface area contributed by atoms with Gasteiger partial charge in [-0.1, -0.05) is 23.1 Å². The van der Waals surface area contributed by atoms with Gasteiger partial charge in [0.1, 0.15) is 10.8 Å². The maximum atomic E-state index is 13.5. The molecule has 1 unspecified atom stereocenters. The van der Waals surface area contributed by atoms with Crippen molar-refractivity contribution in [2.45, 2.75) is 23.4 Å². The van der Waals surface area contributed by atoms with Gasteiger partial charge in [0.2, 0.25) is 5.91 Å². The number of amides is 1. The number of aryl methyl sites for hydroxylation is 1. The number of hydrogen-bond acceptors (Lipinski definition) is 6. The Kier molecular flexibility index (Phi) is 4.56. The highest BCUT2D eigenvalue weighted by atomic mass is 32.2. The van der Waals surface area contributed by atoms with Gasteiger partial charge in [0.25, 0.3) is 0 Å². The minimum atomic E-state index is -0.517. The lowest BCUT2D eigenvalue weighted by Crippen LogP contribution is -2.23. The van der Waals surface area contributed by atoms with E-state index in [-0.39, 0.29) is 11.6 Å². The average Bonchev–Trinajstić information content (AvgIpc) is 2.79. The van der Waals surface area contributed by atoms with E-state index in [9.17, 15) is 9.18 Å². The molecule has 0 spiro atoms. The predicted octanol–water partition coefficient (Wildman–Crippen LogP) is 2.69. The Morgan fingerprint density at radius 1 is 1.50 bits per heavy atom. The molecule has 1 atom stereocenters. The number of nitrogen functional groups attached to an aromatic ring is 1. The number of rotatable bonds is 4. The number of nitrogens with zero attached hydrogens (tertiary/aromatic N) is 2. The fraction of sp³-hybridized carbons (Fsp3) is 0.250. The molecule has 8 heteroatoms. The first kappa shape index (κ1) is 14.7. The smallest absolute Gasteiger partial charge is 0.237 e. The number of aromatic nitrogens is 2. The molecular weight excluding hydrogens is 299 g/mol. The van der Waals surface area contributed by atoms with Crippen LogP contribution in [0.25, 0.3) is 0 Å². The van der Waals surface area contributed by atoms with Crippen LogP contribution < -0.4 is 11.1 Å². The van der Waals surface area contributed by atoms with Crippen LogP contribution in [0.1, 0.15) is 11.9 Å². The van der Waals surface area contributed by atoms with Gasteiger partial charge >= 0.3 is 0 Å². The number of carbonyl (C=O) groups is 1. The third-order valence-electron chi connectivity index (χ3n) is 2.40. The van der Waals surface area contributed by atoms with Crippen molar-refractivity contribution in [2.24, 2.45) is 0 Å². The highest BCUT2D eigenvalue weighted by molar-refractivity contribution is 8.02. The summed E-state index contributed by atoms with van der Waals surface area (Å²) < 4.78 is 14.2. The molecule has 1 amide bonds. The van der Waals surface area contributed by atoms with Gasteiger partial charge in [-0.15, -0.1) is 10.2 Å². The summed E-state index contributed by atoms with van der Waals surface area (Å²) in [6.07, 6.45) is 0. The molecule has 1 heterocycles. The first-order valence-electron chi connectivity index (χ1n) is 5.78. The Bertz CT molecular complexity index is 632. The third kappa shape index (κ3) is 3.67. The van der Waals surface area contributed by atoms with E-state index in [1.807, 2.05) is 6.92 Å². The van der Waals surface area contributed by atoms with Crippen LogP contribution >= 0.6 is 23.1 Å². The van der Waals surface area contributed by atoms with Gasteiger partial charge in [-0.2, -0.15) is 0 Å². The molecule has 5 nitrogen and oxygen atoms in total. The summed E-state index contributed by atoms with van der Waals surface area (Å²) in [6.45, 7) is 3.57. The quantitative estimate of drug-likeness (QED) is 0.670. The van der Waals surface area contributed by atoms with Crippen LogP contribution in [0, 0.1) is 12.7 Å². The summed E-state index contributed by atoms with van der Waals surface area (Å²) >= 11 is 2.69. The van der Waals surface area contributed by atoms with Crippen molar-refractivity contribution in [1.82, 2.24) is 10.2 Å². The number of carbonyl (C=O) groups excluding carboxylic acids is 1. The second-order valence-electron chi connectivity index (χ2n) is 4.08. The maximum Gasteiger partial charge on any atom is 0.237 e. The first-order valence-corrected chi connectivity index (χ1v) is 7.48. The van der Waals surface area contributed by atoms with Gasteiger partial charge in [-0.3, -0.25) is 4.79 Å². The average molecular weight is 312 g/mol. The highest BCUT2D eigenvalue weighted by Gasteiger charge is 2.18. The van der Waals surface area contributed by atoms with Gasteiger partial charge in [0.05, 0.1) is 10.9 Å². The van der Waals surface area contributed by atoms with Crippen LogP contribution in [0.4, 0.5) is 15.8 Å². The Morgan fingerprint density at radius 2 is 2.25 bits per heavy atom. The molecule has 0 aliphatic carbocycles. The molecule has 0 saturated carbocycles. The van der Waals surface area contributed by atoms with Gasteiger partial charge < -0.3 is 11.1 Å². The van der Waals surface area contributed by atoms with Gasteiger partial charge in [-0.25, -0.2) is 4.39 Å². The van der Waals surface area contributed by atoms with Crippen molar-refractivity contribution in [3.8, 4) is 0 Å². The van der Waals surface area contributed by atoms with E-state index in [1.54, 1.807) is 6.92 Å². The Balaban J connectivity index is 2.02. The van der Waals surface area contributed by atoms with E-state index in [0.29, 0.717) is 10.0 Å². The number of nitrogens with two attached hydrogens (primary N) is 1. The Hall–Kier alpha value is -1.67. The number of thioether (sulfide) groups is 1. The van der Waals surface area contributed by atoms with Crippen LogP contribution in [0.15, 0.2) is 22.5 Å². The molecule has 0 aliphatic rings. The van der Waals surface area contributed by atoms with Crippen LogP contribution in [-0.2, 0) is 4.79 Å². The molecule has 2 aromatic rings. The lowest BCUT2D eigenvalue weighted by molar-refractivity contribution is -0.115. The minimum absolute atomic E-state index is 0.0795. The first-order chi connectivity index (χ1) is 9.45. The Morgan fingerprint density at radius 3 is 2.90 bits per heavy atom. The maximum absolute atomic E-state index is 13.5. The highest BCUT2D eigenvalue weighted by Crippen LogP contribution is 2.27. The van der Waals surface area contributed by atoms with Crippen molar-refractivity contribution in [1.29, 1.82) is 0 Å². The van der Waals surface area contributed by atoms with Gasteiger partial charge in [-0.05, 0) is 32.0 Å². The summed E-state index contributed by atoms with van der Waals surface area (Å²) in [5, 5.41) is 10.8. The molecule has 0 fully saturated rings. The molecule has 1 aromatic heterocycles. The van der Waals surface area contributed by atoms with Crippen molar-refractivity contribution in [2.75, 3.05) is 11.1 Å². The summed E-state index contributed by atoms with van der Waals surface area (Å²) in [7, 11) is 0. The number of halogens is 1. The van der Waals surface area contributed by atoms with E-state index in [0.717, 1.165) is 5.01 Å². The number of anilines is 2. The van der Waals surface area contributed by atoms with Crippen LogP contribution in [0.5, 0.6) is 0 Å². The molecule has 3 N–H and O–H groups in total. The molecule has 0 bridgehead atoms. The molecule has 2 rings (SSSR count). The molecule has 1 aromatic carbocycles. The fourth-order valence-corrected chi connectivity index (χ4v) is 3.36. The van der Waals surface area contributed by atoms with E-state index in [2.05, 4.69) is 15.5 Å². The van der Waals surface area contributed by atoms with E-state index in [1.165, 1.54) is 41.3 Å². The van der Waals surface area contributed by atoms with Crippen LogP contribution in [-0.4, -0.2) is 21.4 Å². The summed E-state index contributed by atoms with van der Waals surface area (Å²) in [5.41, 5.74) is 6.04. The monoisotopic (exact) mass is 312 g/mol. The summed E-state index contributed by atoms with van der Waals surface area (Å²) in [4.78, 5) is 12.0. The minimum Gasteiger partial charge on any atom is -0.399 e. The Labute approximate surface area is 123 Å². The van der Waals surface area contributed by atoms with E-state index in [4.69, 9.17) is 5.73 Å². The molecule has 20 heavy (non-hydrogen) atoms. The SMILES string of the molecule is Cc1nnc(SC(C)C(=O)Nc2cc(N)ccc2F)s1. The second-order valence-corrected chi connectivity index (χ2v) is 6.85. The topological polar surface area (TPSA) is 80.9 Å². The molecule has 106 valence electrons.